The van der Waals surface area contributed by atoms with Crippen molar-refractivity contribution in [2.45, 2.75) is 24.7 Å². The Labute approximate surface area is 204 Å². The van der Waals surface area contributed by atoms with Crippen LogP contribution in [0.5, 0.6) is 0 Å². The lowest BCUT2D eigenvalue weighted by Gasteiger charge is -2.35. The smallest absolute Gasteiger partial charge is 0.258 e. The number of hydrogen-bond acceptors (Lipinski definition) is 4. The number of carbonyl (C=O) groups excluding carboxylic acids is 1. The lowest BCUT2D eigenvalue weighted by molar-refractivity contribution is 0.102. The van der Waals surface area contributed by atoms with E-state index >= 15 is 0 Å². The van der Waals surface area contributed by atoms with Crippen molar-refractivity contribution in [2.75, 3.05) is 36.4 Å². The molecule has 4 rings (SSSR count). The molecule has 0 unspecified atom stereocenters. The van der Waals surface area contributed by atoms with Crippen molar-refractivity contribution in [3.05, 3.63) is 89.5 Å². The van der Waals surface area contributed by atoms with Crippen molar-refractivity contribution in [3.63, 3.8) is 0 Å². The lowest BCUT2D eigenvalue weighted by atomic mass is 10.0. The summed E-state index contributed by atoms with van der Waals surface area (Å²) in [5, 5.41) is 2.62. The van der Waals surface area contributed by atoms with E-state index in [0.717, 1.165) is 23.8 Å². The molecule has 1 saturated heterocycles. The highest BCUT2D eigenvalue weighted by atomic mass is 32.2. The van der Waals surface area contributed by atoms with E-state index < -0.39 is 21.7 Å². The largest absolute Gasteiger partial charge is 0.367 e. The van der Waals surface area contributed by atoms with Crippen molar-refractivity contribution in [1.82, 2.24) is 4.31 Å². The minimum Gasteiger partial charge on any atom is -0.367 e. The predicted octanol–water partition coefficient (Wildman–Crippen LogP) is 4.85. The number of para-hydroxylation sites is 1. The minimum absolute atomic E-state index is 0.137. The zero-order chi connectivity index (χ0) is 25.2. The van der Waals surface area contributed by atoms with Crippen LogP contribution in [0.15, 0.2) is 71.6 Å². The number of hydrogen-bond donors (Lipinski definition) is 1. The Kier molecular flexibility index (Phi) is 7.18. The van der Waals surface area contributed by atoms with Gasteiger partial charge in [-0.15, -0.1) is 0 Å². The van der Waals surface area contributed by atoms with Gasteiger partial charge in [-0.2, -0.15) is 4.31 Å². The number of piperazine rings is 1. The number of benzene rings is 3. The number of anilines is 2. The fourth-order valence-electron chi connectivity index (χ4n) is 4.02. The van der Waals surface area contributed by atoms with Gasteiger partial charge in [0.2, 0.25) is 10.0 Å². The molecule has 0 radical (unpaired) electrons. The number of halogens is 2. The molecule has 9 heteroatoms. The molecule has 0 aliphatic carbocycles. The van der Waals surface area contributed by atoms with Crippen molar-refractivity contribution in [1.29, 1.82) is 0 Å². The Bertz CT molecular complexity index is 1320. The number of sulfonamides is 1. The summed E-state index contributed by atoms with van der Waals surface area (Å²) in [4.78, 5) is 14.4. The van der Waals surface area contributed by atoms with E-state index in [1.165, 1.54) is 10.4 Å². The Morgan fingerprint density at radius 1 is 0.886 bits per heavy atom. The van der Waals surface area contributed by atoms with Gasteiger partial charge in [0.15, 0.2) is 0 Å². The van der Waals surface area contributed by atoms with Gasteiger partial charge >= 0.3 is 0 Å². The van der Waals surface area contributed by atoms with E-state index in [-0.39, 0.29) is 29.4 Å². The third kappa shape index (κ3) is 5.36. The van der Waals surface area contributed by atoms with Gasteiger partial charge in [0.25, 0.3) is 5.91 Å². The summed E-state index contributed by atoms with van der Waals surface area (Å²) in [7, 11) is -3.97. The van der Waals surface area contributed by atoms with Crippen molar-refractivity contribution in [3.8, 4) is 0 Å². The number of nitrogens with zero attached hydrogens (tertiary/aromatic N) is 2. The molecule has 6 nitrogen and oxygen atoms in total. The molecule has 1 aliphatic heterocycles. The lowest BCUT2D eigenvalue weighted by Crippen LogP contribution is -2.48. The van der Waals surface area contributed by atoms with Crippen LogP contribution in [0.4, 0.5) is 20.2 Å². The van der Waals surface area contributed by atoms with Crippen LogP contribution >= 0.6 is 0 Å². The first-order chi connectivity index (χ1) is 16.7. The SMILES string of the molecule is CC(C)c1ccc(NC(=O)c2cc(S(=O)(=O)N3CCN(c4ccccc4F)CC3)ccc2F)cc1. The first-order valence-corrected chi connectivity index (χ1v) is 12.8. The quantitative estimate of drug-likeness (QED) is 0.526. The van der Waals surface area contributed by atoms with E-state index in [0.29, 0.717) is 30.4 Å². The molecule has 0 aromatic heterocycles. The Hall–Kier alpha value is -3.30. The average molecular weight is 500 g/mol. The summed E-state index contributed by atoms with van der Waals surface area (Å²) in [6.07, 6.45) is 0. The molecule has 0 bridgehead atoms. The Morgan fingerprint density at radius 2 is 1.54 bits per heavy atom. The van der Waals surface area contributed by atoms with Crippen LogP contribution in [0.25, 0.3) is 0 Å². The Balaban J connectivity index is 1.49. The van der Waals surface area contributed by atoms with E-state index in [1.807, 2.05) is 12.1 Å². The zero-order valence-corrected chi connectivity index (χ0v) is 20.4. The van der Waals surface area contributed by atoms with Crippen LogP contribution in [0.2, 0.25) is 0 Å². The maximum Gasteiger partial charge on any atom is 0.258 e. The third-order valence-corrected chi connectivity index (χ3v) is 7.98. The highest BCUT2D eigenvalue weighted by molar-refractivity contribution is 7.89. The van der Waals surface area contributed by atoms with Gasteiger partial charge in [-0.1, -0.05) is 38.1 Å². The zero-order valence-electron chi connectivity index (χ0n) is 19.5. The fourth-order valence-corrected chi connectivity index (χ4v) is 5.46. The summed E-state index contributed by atoms with van der Waals surface area (Å²) in [6.45, 7) is 4.99. The van der Waals surface area contributed by atoms with Gasteiger partial charge in [-0.3, -0.25) is 4.79 Å². The van der Waals surface area contributed by atoms with E-state index in [9.17, 15) is 22.0 Å². The molecule has 35 heavy (non-hydrogen) atoms. The highest BCUT2D eigenvalue weighted by Gasteiger charge is 2.30. The second-order valence-electron chi connectivity index (χ2n) is 8.72. The number of amides is 1. The summed E-state index contributed by atoms with van der Waals surface area (Å²) in [6, 6.07) is 16.7. The van der Waals surface area contributed by atoms with Gasteiger partial charge in [0.05, 0.1) is 16.1 Å². The monoisotopic (exact) mass is 499 g/mol. The minimum atomic E-state index is -3.97. The molecular formula is C26H27F2N3O3S. The van der Waals surface area contributed by atoms with Gasteiger partial charge in [0.1, 0.15) is 11.6 Å². The van der Waals surface area contributed by atoms with Crippen molar-refractivity contribution in [2.24, 2.45) is 0 Å². The molecule has 0 saturated carbocycles. The second-order valence-corrected chi connectivity index (χ2v) is 10.7. The van der Waals surface area contributed by atoms with E-state index in [1.54, 1.807) is 35.2 Å². The van der Waals surface area contributed by atoms with Crippen LogP contribution in [0.3, 0.4) is 0 Å². The van der Waals surface area contributed by atoms with E-state index in [4.69, 9.17) is 0 Å². The normalized spacial score (nSPS) is 14.8. The van der Waals surface area contributed by atoms with Crippen LogP contribution in [0.1, 0.15) is 35.7 Å². The summed E-state index contributed by atoms with van der Waals surface area (Å²) in [5.41, 5.74) is 1.64. The molecule has 184 valence electrons. The van der Waals surface area contributed by atoms with Gasteiger partial charge < -0.3 is 10.2 Å². The Morgan fingerprint density at radius 3 is 2.17 bits per heavy atom. The molecular weight excluding hydrogens is 472 g/mol. The number of carbonyl (C=O) groups is 1. The predicted molar refractivity (Wildman–Crippen MR) is 132 cm³/mol. The van der Waals surface area contributed by atoms with Crippen molar-refractivity contribution < 1.29 is 22.0 Å². The van der Waals surface area contributed by atoms with Gasteiger partial charge in [-0.05, 0) is 53.9 Å². The first kappa shape index (κ1) is 24.8. The number of nitrogens with one attached hydrogen (secondary N) is 1. The molecule has 0 atom stereocenters. The standard InChI is InChI=1S/C26H27F2N3O3S/c1-18(2)19-7-9-20(10-8-19)29-26(32)22-17-21(11-12-23(22)27)35(33,34)31-15-13-30(14-16-31)25-6-4-3-5-24(25)28/h3-12,17-18H,13-16H2,1-2H3,(H,29,32). The molecule has 3 aromatic carbocycles. The average Bonchev–Trinajstić information content (AvgIpc) is 2.85. The van der Waals surface area contributed by atoms with Crippen LogP contribution in [-0.4, -0.2) is 44.8 Å². The molecule has 0 spiro atoms. The molecule has 3 aromatic rings. The fraction of sp³-hybridized carbons (Fsp3) is 0.269. The summed E-state index contributed by atoms with van der Waals surface area (Å²) in [5.74, 6) is -1.59. The first-order valence-electron chi connectivity index (χ1n) is 11.4. The van der Waals surface area contributed by atoms with Gasteiger partial charge in [0, 0.05) is 31.9 Å². The second kappa shape index (κ2) is 10.1. The van der Waals surface area contributed by atoms with Crippen LogP contribution < -0.4 is 10.2 Å². The molecule has 1 N–H and O–H groups in total. The number of rotatable bonds is 6. The van der Waals surface area contributed by atoms with Gasteiger partial charge in [-0.25, -0.2) is 17.2 Å². The maximum atomic E-state index is 14.5. The highest BCUT2D eigenvalue weighted by Crippen LogP contribution is 2.25. The van der Waals surface area contributed by atoms with Crippen LogP contribution in [0, 0.1) is 11.6 Å². The molecule has 1 aliphatic rings. The summed E-state index contributed by atoms with van der Waals surface area (Å²) < 4.78 is 56.3. The maximum absolute atomic E-state index is 14.5. The van der Waals surface area contributed by atoms with Crippen molar-refractivity contribution >= 4 is 27.3 Å². The summed E-state index contributed by atoms with van der Waals surface area (Å²) >= 11 is 0. The molecule has 1 amide bonds. The van der Waals surface area contributed by atoms with E-state index in [2.05, 4.69) is 19.2 Å². The van der Waals surface area contributed by atoms with Crippen LogP contribution in [-0.2, 0) is 10.0 Å². The third-order valence-electron chi connectivity index (χ3n) is 6.09. The topological polar surface area (TPSA) is 69.7 Å². The molecule has 1 heterocycles. The molecule has 1 fully saturated rings.